The number of aliphatic imine (C=N–C) groups is 1. The van der Waals surface area contributed by atoms with E-state index in [9.17, 15) is 9.50 Å². The summed E-state index contributed by atoms with van der Waals surface area (Å²) in [4.78, 5) is 7.03. The number of anilines is 1. The zero-order chi connectivity index (χ0) is 20.4. The van der Waals surface area contributed by atoms with Crippen LogP contribution in [0.25, 0.3) is 0 Å². The van der Waals surface area contributed by atoms with Gasteiger partial charge < -0.3 is 20.6 Å². The molecule has 0 aliphatic carbocycles. The SMILES string of the molecule is CCNC(=NCC(CCO)CC(C)C)NC1CCN(c2cccc(F)c2)CC1. The van der Waals surface area contributed by atoms with E-state index in [2.05, 4.69) is 36.3 Å². The van der Waals surface area contributed by atoms with Crippen LogP contribution in [0.5, 0.6) is 0 Å². The molecule has 5 nitrogen and oxygen atoms in total. The molecule has 1 aliphatic heterocycles. The first kappa shape index (κ1) is 22.5. The van der Waals surface area contributed by atoms with Crippen LogP contribution in [-0.4, -0.2) is 49.9 Å². The van der Waals surface area contributed by atoms with E-state index >= 15 is 0 Å². The largest absolute Gasteiger partial charge is 0.396 e. The number of rotatable bonds is 9. The Labute approximate surface area is 169 Å². The maximum Gasteiger partial charge on any atom is 0.191 e. The van der Waals surface area contributed by atoms with Gasteiger partial charge in [0, 0.05) is 44.5 Å². The van der Waals surface area contributed by atoms with E-state index < -0.39 is 0 Å². The predicted molar refractivity (Wildman–Crippen MR) is 115 cm³/mol. The van der Waals surface area contributed by atoms with Crippen molar-refractivity contribution >= 4 is 11.6 Å². The zero-order valence-corrected chi connectivity index (χ0v) is 17.6. The fraction of sp³-hybridized carbons (Fsp3) is 0.682. The fourth-order valence-electron chi connectivity index (χ4n) is 3.82. The number of nitrogens with one attached hydrogen (secondary N) is 2. The lowest BCUT2D eigenvalue weighted by molar-refractivity contribution is 0.245. The second-order valence-corrected chi connectivity index (χ2v) is 8.11. The van der Waals surface area contributed by atoms with Gasteiger partial charge >= 0.3 is 0 Å². The van der Waals surface area contributed by atoms with Crippen molar-refractivity contribution in [3.05, 3.63) is 30.1 Å². The molecule has 158 valence electrons. The molecule has 6 heteroatoms. The van der Waals surface area contributed by atoms with Crippen LogP contribution in [0.3, 0.4) is 0 Å². The maximum absolute atomic E-state index is 13.5. The minimum atomic E-state index is -0.182. The Morgan fingerprint density at radius 3 is 2.68 bits per heavy atom. The molecule has 1 saturated heterocycles. The average molecular weight is 393 g/mol. The number of aliphatic hydroxyl groups excluding tert-OH is 1. The first-order valence-electron chi connectivity index (χ1n) is 10.7. The number of aliphatic hydroxyl groups is 1. The van der Waals surface area contributed by atoms with Crippen LogP contribution >= 0.6 is 0 Å². The Balaban J connectivity index is 1.88. The molecule has 0 amide bonds. The van der Waals surface area contributed by atoms with Gasteiger partial charge in [0.05, 0.1) is 0 Å². The summed E-state index contributed by atoms with van der Waals surface area (Å²) in [5.41, 5.74) is 0.958. The van der Waals surface area contributed by atoms with Gasteiger partial charge in [-0.05, 0) is 62.6 Å². The van der Waals surface area contributed by atoms with Crippen LogP contribution in [-0.2, 0) is 0 Å². The summed E-state index contributed by atoms with van der Waals surface area (Å²) in [5, 5.41) is 16.2. The average Bonchev–Trinajstić information content (AvgIpc) is 2.66. The van der Waals surface area contributed by atoms with Crippen LogP contribution in [0.15, 0.2) is 29.3 Å². The highest BCUT2D eigenvalue weighted by molar-refractivity contribution is 5.80. The Bertz CT molecular complexity index is 600. The van der Waals surface area contributed by atoms with Crippen LogP contribution < -0.4 is 15.5 Å². The molecule has 1 heterocycles. The molecule has 1 aromatic rings. The number of piperidine rings is 1. The van der Waals surface area contributed by atoms with Crippen LogP contribution in [0.4, 0.5) is 10.1 Å². The first-order valence-corrected chi connectivity index (χ1v) is 10.7. The van der Waals surface area contributed by atoms with Crippen LogP contribution in [0.2, 0.25) is 0 Å². The van der Waals surface area contributed by atoms with Crippen molar-refractivity contribution in [1.29, 1.82) is 0 Å². The van der Waals surface area contributed by atoms with Crippen molar-refractivity contribution in [3.63, 3.8) is 0 Å². The third kappa shape index (κ3) is 7.66. The molecule has 2 rings (SSSR count). The maximum atomic E-state index is 13.5. The highest BCUT2D eigenvalue weighted by Gasteiger charge is 2.20. The standard InChI is InChI=1S/C22H37FN4O/c1-4-24-22(25-16-18(10-13-28)14-17(2)3)26-20-8-11-27(12-9-20)21-7-5-6-19(23)15-21/h5-7,15,17-18,20,28H,4,8-14,16H2,1-3H3,(H2,24,25,26). The summed E-state index contributed by atoms with van der Waals surface area (Å²) < 4.78 is 13.5. The molecule has 0 spiro atoms. The summed E-state index contributed by atoms with van der Waals surface area (Å²) >= 11 is 0. The molecule has 28 heavy (non-hydrogen) atoms. The minimum absolute atomic E-state index is 0.182. The minimum Gasteiger partial charge on any atom is -0.396 e. The Kier molecular flexibility index (Phi) is 9.55. The van der Waals surface area contributed by atoms with Crippen molar-refractivity contribution in [3.8, 4) is 0 Å². The lowest BCUT2D eigenvalue weighted by Gasteiger charge is -2.34. The van der Waals surface area contributed by atoms with Crippen molar-refractivity contribution in [2.24, 2.45) is 16.8 Å². The Morgan fingerprint density at radius 2 is 2.07 bits per heavy atom. The zero-order valence-electron chi connectivity index (χ0n) is 17.6. The lowest BCUT2D eigenvalue weighted by Crippen LogP contribution is -2.49. The predicted octanol–water partition coefficient (Wildman–Crippen LogP) is 3.39. The molecule has 0 bridgehead atoms. The molecule has 0 radical (unpaired) electrons. The molecular formula is C22H37FN4O. The Morgan fingerprint density at radius 1 is 1.32 bits per heavy atom. The van der Waals surface area contributed by atoms with E-state index in [0.29, 0.717) is 17.9 Å². The lowest BCUT2D eigenvalue weighted by atomic mass is 9.94. The third-order valence-electron chi connectivity index (χ3n) is 5.20. The van der Waals surface area contributed by atoms with Gasteiger partial charge in [0.15, 0.2) is 5.96 Å². The van der Waals surface area contributed by atoms with E-state index in [4.69, 9.17) is 4.99 Å². The molecule has 1 aliphatic rings. The molecular weight excluding hydrogens is 355 g/mol. The highest BCUT2D eigenvalue weighted by atomic mass is 19.1. The van der Waals surface area contributed by atoms with Crippen molar-refractivity contribution in [2.75, 3.05) is 37.7 Å². The summed E-state index contributed by atoms with van der Waals surface area (Å²) in [6.45, 7) is 10.1. The van der Waals surface area contributed by atoms with Gasteiger partial charge in [-0.25, -0.2) is 4.39 Å². The van der Waals surface area contributed by atoms with E-state index in [0.717, 1.165) is 63.5 Å². The molecule has 1 unspecified atom stereocenters. The van der Waals surface area contributed by atoms with Gasteiger partial charge in [-0.2, -0.15) is 0 Å². The number of nitrogens with zero attached hydrogens (tertiary/aromatic N) is 2. The molecule has 1 atom stereocenters. The van der Waals surface area contributed by atoms with E-state index in [-0.39, 0.29) is 12.4 Å². The Hall–Kier alpha value is -1.82. The van der Waals surface area contributed by atoms with Gasteiger partial charge in [-0.3, -0.25) is 4.99 Å². The molecule has 3 N–H and O–H groups in total. The van der Waals surface area contributed by atoms with Gasteiger partial charge in [0.25, 0.3) is 0 Å². The van der Waals surface area contributed by atoms with Gasteiger partial charge in [0.2, 0.25) is 0 Å². The summed E-state index contributed by atoms with van der Waals surface area (Å²) in [5.74, 6) is 1.70. The first-order chi connectivity index (χ1) is 13.5. The van der Waals surface area contributed by atoms with Crippen LogP contribution in [0.1, 0.15) is 46.5 Å². The molecule has 1 fully saturated rings. The number of hydrogen-bond acceptors (Lipinski definition) is 3. The topological polar surface area (TPSA) is 59.9 Å². The smallest absolute Gasteiger partial charge is 0.191 e. The number of benzene rings is 1. The molecule has 0 saturated carbocycles. The number of halogens is 1. The number of guanidine groups is 1. The fourth-order valence-corrected chi connectivity index (χ4v) is 3.82. The third-order valence-corrected chi connectivity index (χ3v) is 5.20. The van der Waals surface area contributed by atoms with E-state index in [1.54, 1.807) is 12.1 Å². The monoisotopic (exact) mass is 392 g/mol. The summed E-state index contributed by atoms with van der Waals surface area (Å²) in [6, 6.07) is 7.20. The van der Waals surface area contributed by atoms with Crippen molar-refractivity contribution in [1.82, 2.24) is 10.6 Å². The second kappa shape index (κ2) is 11.9. The van der Waals surface area contributed by atoms with Gasteiger partial charge in [-0.15, -0.1) is 0 Å². The summed E-state index contributed by atoms with van der Waals surface area (Å²) in [7, 11) is 0. The van der Waals surface area contributed by atoms with Gasteiger partial charge in [-0.1, -0.05) is 19.9 Å². The van der Waals surface area contributed by atoms with Crippen molar-refractivity contribution < 1.29 is 9.50 Å². The second-order valence-electron chi connectivity index (χ2n) is 8.11. The van der Waals surface area contributed by atoms with Crippen molar-refractivity contribution in [2.45, 2.75) is 52.5 Å². The van der Waals surface area contributed by atoms with Crippen LogP contribution in [0, 0.1) is 17.7 Å². The van der Waals surface area contributed by atoms with E-state index in [1.807, 2.05) is 6.07 Å². The quantitative estimate of drug-likeness (QED) is 0.445. The number of hydrogen-bond donors (Lipinski definition) is 3. The van der Waals surface area contributed by atoms with E-state index in [1.165, 1.54) is 6.07 Å². The molecule has 1 aromatic carbocycles. The molecule has 0 aromatic heterocycles. The normalized spacial score (nSPS) is 17.1. The summed E-state index contributed by atoms with van der Waals surface area (Å²) in [6.07, 6.45) is 3.86. The highest BCUT2D eigenvalue weighted by Crippen LogP contribution is 2.21. The van der Waals surface area contributed by atoms with Gasteiger partial charge in [0.1, 0.15) is 5.82 Å².